The first-order valence-corrected chi connectivity index (χ1v) is 19.3. The van der Waals surface area contributed by atoms with Crippen molar-refractivity contribution in [3.63, 3.8) is 0 Å². The van der Waals surface area contributed by atoms with Gasteiger partial charge in [0.05, 0.1) is 17.4 Å². The van der Waals surface area contributed by atoms with Crippen LogP contribution in [0.2, 0.25) is 0 Å². The summed E-state index contributed by atoms with van der Waals surface area (Å²) in [4.78, 5) is -0.178. The van der Waals surface area contributed by atoms with Crippen molar-refractivity contribution < 1.29 is 27.0 Å². The lowest BCUT2D eigenvalue weighted by atomic mass is 10.0. The van der Waals surface area contributed by atoms with Gasteiger partial charge in [-0.05, 0) is 31.7 Å². The summed E-state index contributed by atoms with van der Waals surface area (Å²) in [7, 11) is -4.27. The molecule has 6 nitrogen and oxygen atoms in total. The molecule has 2 rings (SSSR count). The quantitative estimate of drug-likeness (QED) is 0.0468. The van der Waals surface area contributed by atoms with Crippen molar-refractivity contribution >= 4 is 21.9 Å². The van der Waals surface area contributed by atoms with E-state index in [1.165, 1.54) is 115 Å². The fourth-order valence-electron chi connectivity index (χ4n) is 4.78. The molecular weight excluding hydrogens is 579 g/mol. The molecule has 0 bridgehead atoms. The highest BCUT2D eigenvalue weighted by Gasteiger charge is 2.15. The van der Waals surface area contributed by atoms with Crippen LogP contribution < -0.4 is 4.57 Å². The van der Waals surface area contributed by atoms with Crippen LogP contribution in [-0.2, 0) is 26.1 Å². The number of aryl methyl sites for hydroxylation is 1. The molecule has 2 aromatic rings. The number of aromatic nitrogens is 1. The van der Waals surface area contributed by atoms with Crippen LogP contribution in [0.25, 0.3) is 0 Å². The third-order valence-electron chi connectivity index (χ3n) is 7.37. The van der Waals surface area contributed by atoms with Gasteiger partial charge < -0.3 is 14.0 Å². The van der Waals surface area contributed by atoms with Crippen molar-refractivity contribution in [2.75, 3.05) is 25.4 Å². The number of rotatable bonds is 25. The third-order valence-corrected chi connectivity index (χ3v) is 8.59. The molecular formula is C35H59NO5S2. The average molecular weight is 638 g/mol. The minimum Gasteiger partial charge on any atom is -0.744 e. The van der Waals surface area contributed by atoms with Gasteiger partial charge in [0, 0.05) is 18.7 Å². The fourth-order valence-corrected chi connectivity index (χ4v) is 5.58. The standard InChI is InChI=1S/C28H52NO2S.C7H8O3S/c1-3-4-5-6-7-8-9-10-11-12-13-14-15-16-17-21-24-30-26-28(31-27-32-2)25-29-22-19-18-20-23-29;1-6-2-4-7(5-3-6)11(8,9)10/h18-20,22-23,28H,3-17,21,24-27H2,1-2H3;2-5H,1H3,(H,8,9,10)/q+1;/p-1. The van der Waals surface area contributed by atoms with E-state index in [0.717, 1.165) is 24.7 Å². The third kappa shape index (κ3) is 23.6. The van der Waals surface area contributed by atoms with Crippen LogP contribution in [0.15, 0.2) is 59.8 Å². The molecule has 43 heavy (non-hydrogen) atoms. The van der Waals surface area contributed by atoms with E-state index < -0.39 is 10.1 Å². The van der Waals surface area contributed by atoms with Crippen molar-refractivity contribution in [2.24, 2.45) is 0 Å². The Hall–Kier alpha value is -1.45. The summed E-state index contributed by atoms with van der Waals surface area (Å²) in [5.74, 6) is 0.723. The van der Waals surface area contributed by atoms with Crippen LogP contribution in [-0.4, -0.2) is 44.5 Å². The van der Waals surface area contributed by atoms with Crippen molar-refractivity contribution in [3.8, 4) is 0 Å². The van der Waals surface area contributed by atoms with Crippen LogP contribution >= 0.6 is 11.8 Å². The van der Waals surface area contributed by atoms with E-state index in [9.17, 15) is 13.0 Å². The predicted molar refractivity (Wildman–Crippen MR) is 179 cm³/mol. The first-order chi connectivity index (χ1) is 20.9. The molecule has 8 heteroatoms. The Labute approximate surface area is 268 Å². The van der Waals surface area contributed by atoms with Gasteiger partial charge in [0.2, 0.25) is 0 Å². The van der Waals surface area contributed by atoms with Gasteiger partial charge in [-0.3, -0.25) is 0 Å². The zero-order valence-electron chi connectivity index (χ0n) is 27.2. The van der Waals surface area contributed by atoms with E-state index in [2.05, 4.69) is 42.3 Å². The normalized spacial score (nSPS) is 12.1. The first-order valence-electron chi connectivity index (χ1n) is 16.5. The zero-order chi connectivity index (χ0) is 31.4. The Balaban J connectivity index is 0.000000699. The van der Waals surface area contributed by atoms with Gasteiger partial charge >= 0.3 is 0 Å². The molecule has 0 amide bonds. The van der Waals surface area contributed by atoms with E-state index in [-0.39, 0.29) is 11.0 Å². The second-order valence-corrected chi connectivity index (χ2v) is 13.6. The minimum atomic E-state index is -4.27. The Bertz CT molecular complexity index is 987. The van der Waals surface area contributed by atoms with E-state index in [4.69, 9.17) is 9.47 Å². The van der Waals surface area contributed by atoms with Crippen molar-refractivity contribution in [1.82, 2.24) is 0 Å². The van der Waals surface area contributed by atoms with E-state index in [1.54, 1.807) is 23.9 Å². The van der Waals surface area contributed by atoms with E-state index in [0.29, 0.717) is 6.61 Å². The van der Waals surface area contributed by atoms with Crippen LogP contribution in [0.3, 0.4) is 0 Å². The van der Waals surface area contributed by atoms with Gasteiger partial charge in [-0.25, -0.2) is 13.0 Å². The lowest BCUT2D eigenvalue weighted by Gasteiger charge is -2.15. The molecule has 1 aromatic carbocycles. The number of thioether (sulfide) groups is 1. The predicted octanol–water partition coefficient (Wildman–Crippen LogP) is 8.86. The maximum Gasteiger partial charge on any atom is 0.176 e. The molecule has 0 aliphatic heterocycles. The molecule has 0 radical (unpaired) electrons. The molecule has 0 aliphatic carbocycles. The van der Waals surface area contributed by atoms with Gasteiger partial charge in [0.1, 0.15) is 16.2 Å². The zero-order valence-corrected chi connectivity index (χ0v) is 28.9. The minimum absolute atomic E-state index is 0.121. The summed E-state index contributed by atoms with van der Waals surface area (Å²) < 4.78 is 45.2. The van der Waals surface area contributed by atoms with Crippen LogP contribution in [0, 0.1) is 6.92 Å². The number of nitrogens with zero attached hydrogens (tertiary/aromatic N) is 1. The number of hydrogen-bond acceptors (Lipinski definition) is 6. The van der Waals surface area contributed by atoms with E-state index in [1.807, 2.05) is 13.0 Å². The molecule has 0 saturated heterocycles. The Morgan fingerprint density at radius 3 is 1.72 bits per heavy atom. The first kappa shape index (κ1) is 39.6. The topological polar surface area (TPSA) is 79.5 Å². The lowest BCUT2D eigenvalue weighted by molar-refractivity contribution is -0.704. The summed E-state index contributed by atoms with van der Waals surface area (Å²) >= 11 is 1.72. The lowest BCUT2D eigenvalue weighted by Crippen LogP contribution is -2.42. The van der Waals surface area contributed by atoms with Crippen LogP contribution in [0.1, 0.15) is 115 Å². The molecule has 0 saturated carbocycles. The summed E-state index contributed by atoms with van der Waals surface area (Å²) in [6, 6.07) is 11.9. The van der Waals surface area contributed by atoms with Gasteiger partial charge in [-0.1, -0.05) is 127 Å². The number of unbranched alkanes of at least 4 members (excludes halogenated alkanes) is 15. The number of benzene rings is 1. The molecule has 0 aliphatic rings. The summed E-state index contributed by atoms with van der Waals surface area (Å²) in [6.07, 6.45) is 28.8. The monoisotopic (exact) mass is 637 g/mol. The number of hydrogen-bond donors (Lipinski definition) is 0. The Kier molecular flexibility index (Phi) is 24.8. The molecule has 1 atom stereocenters. The molecule has 0 N–H and O–H groups in total. The van der Waals surface area contributed by atoms with Gasteiger partial charge in [-0.15, -0.1) is 11.8 Å². The smallest absolute Gasteiger partial charge is 0.176 e. The molecule has 1 aromatic heterocycles. The average Bonchev–Trinajstić information content (AvgIpc) is 2.99. The van der Waals surface area contributed by atoms with E-state index >= 15 is 0 Å². The highest BCUT2D eigenvalue weighted by Crippen LogP contribution is 2.14. The SMILES string of the molecule is CCCCCCCCCCCCCCCCCCOCC(C[n+]1ccccc1)OCSC.Cc1ccc(S(=O)(=O)[O-])cc1. The summed E-state index contributed by atoms with van der Waals surface area (Å²) in [5.41, 5.74) is 0.928. The second-order valence-electron chi connectivity index (χ2n) is 11.4. The number of pyridine rings is 1. The van der Waals surface area contributed by atoms with Gasteiger partial charge in [-0.2, -0.15) is 0 Å². The largest absolute Gasteiger partial charge is 0.744 e. The van der Waals surface area contributed by atoms with Crippen LogP contribution in [0.4, 0.5) is 0 Å². The molecule has 1 heterocycles. The second kappa shape index (κ2) is 26.9. The maximum absolute atomic E-state index is 10.4. The van der Waals surface area contributed by atoms with Crippen molar-refractivity contribution in [1.29, 1.82) is 0 Å². The van der Waals surface area contributed by atoms with Crippen molar-refractivity contribution in [3.05, 3.63) is 60.4 Å². The highest BCUT2D eigenvalue weighted by atomic mass is 32.2. The molecule has 0 spiro atoms. The molecule has 0 fully saturated rings. The molecule has 1 unspecified atom stereocenters. The number of ether oxygens (including phenoxy) is 2. The summed E-state index contributed by atoms with van der Waals surface area (Å²) in [5, 5.41) is 0. The maximum atomic E-state index is 10.4. The molecule has 246 valence electrons. The van der Waals surface area contributed by atoms with Crippen molar-refractivity contribution in [2.45, 2.75) is 134 Å². The highest BCUT2D eigenvalue weighted by molar-refractivity contribution is 7.98. The fraction of sp³-hybridized carbons (Fsp3) is 0.686. The Morgan fingerprint density at radius 1 is 0.767 bits per heavy atom. The Morgan fingerprint density at radius 2 is 1.26 bits per heavy atom. The van der Waals surface area contributed by atoms with Gasteiger partial charge in [0.25, 0.3) is 0 Å². The van der Waals surface area contributed by atoms with Crippen LogP contribution in [0.5, 0.6) is 0 Å². The summed E-state index contributed by atoms with van der Waals surface area (Å²) in [6.45, 7) is 6.50. The van der Waals surface area contributed by atoms with Gasteiger partial charge in [0.15, 0.2) is 18.9 Å².